The molecule has 4 N–H and O–H groups in total. The predicted molar refractivity (Wildman–Crippen MR) is 48.7 cm³/mol. The van der Waals surface area contributed by atoms with Crippen molar-refractivity contribution in [3.8, 4) is 0 Å². The lowest BCUT2D eigenvalue weighted by molar-refractivity contribution is -0.173. The molecular weight excluding hydrogens is 222 g/mol. The zero-order chi connectivity index (χ0) is 12.8. The number of aliphatic hydroxyl groups is 1. The Bertz CT molecular complexity index is 290. The van der Waals surface area contributed by atoms with E-state index < -0.39 is 36.4 Å². The summed E-state index contributed by atoms with van der Waals surface area (Å²) in [6.07, 6.45) is -1.79. The minimum Gasteiger partial charge on any atom is -0.479 e. The Morgan fingerprint density at radius 2 is 1.75 bits per heavy atom. The van der Waals surface area contributed by atoms with Gasteiger partial charge in [-0.05, 0) is 6.92 Å². The van der Waals surface area contributed by atoms with Gasteiger partial charge in [-0.15, -0.1) is 0 Å². The normalized spacial score (nSPS) is 13.7. The number of ether oxygens (including phenoxy) is 1. The van der Waals surface area contributed by atoms with Crippen LogP contribution < -0.4 is 5.90 Å². The molecule has 92 valence electrons. The molecule has 0 amide bonds. The maximum atomic E-state index is 11.0. The third kappa shape index (κ3) is 4.24. The van der Waals surface area contributed by atoms with Crippen molar-refractivity contribution in [3.05, 3.63) is 0 Å². The van der Waals surface area contributed by atoms with E-state index in [0.717, 1.165) is 0 Å². The summed E-state index contributed by atoms with van der Waals surface area (Å²) in [5, 5.41) is 18.2. The van der Waals surface area contributed by atoms with E-state index in [4.69, 9.17) is 5.11 Å². The van der Waals surface area contributed by atoms with E-state index in [1.54, 1.807) is 0 Å². The maximum Gasteiger partial charge on any atom is 0.336 e. The highest BCUT2D eigenvalue weighted by atomic mass is 16.7. The van der Waals surface area contributed by atoms with Crippen molar-refractivity contribution in [2.75, 3.05) is 6.61 Å². The van der Waals surface area contributed by atoms with Gasteiger partial charge in [-0.1, -0.05) is 0 Å². The Kier molecular flexibility index (Phi) is 5.40. The van der Waals surface area contributed by atoms with Gasteiger partial charge in [0.2, 0.25) is 0 Å². The first-order valence-electron chi connectivity index (χ1n) is 4.36. The standard InChI is InChI=1S/C8H13NO7/c1-2-15-5(10)3-8(14,7(12)13)4-6(11)16-9/h14H,2-4,9H2,1H3,(H,12,13). The highest BCUT2D eigenvalue weighted by molar-refractivity contribution is 5.88. The Labute approximate surface area is 90.9 Å². The molecule has 0 aliphatic carbocycles. The van der Waals surface area contributed by atoms with Crippen LogP contribution in [0.15, 0.2) is 0 Å². The molecule has 0 radical (unpaired) electrons. The van der Waals surface area contributed by atoms with Gasteiger partial charge >= 0.3 is 17.9 Å². The summed E-state index contributed by atoms with van der Waals surface area (Å²) in [5.74, 6) is 0.691. The lowest BCUT2D eigenvalue weighted by Crippen LogP contribution is -2.43. The molecule has 0 heterocycles. The average molecular weight is 235 g/mol. The Morgan fingerprint density at radius 1 is 1.25 bits per heavy atom. The molecule has 0 aromatic rings. The fraction of sp³-hybridized carbons (Fsp3) is 0.625. The number of nitrogens with two attached hydrogens (primary N) is 1. The molecule has 0 aromatic carbocycles. The summed E-state index contributed by atoms with van der Waals surface area (Å²) >= 11 is 0. The molecule has 0 spiro atoms. The zero-order valence-corrected chi connectivity index (χ0v) is 8.63. The first-order chi connectivity index (χ1) is 7.35. The fourth-order valence-corrected chi connectivity index (χ4v) is 0.945. The van der Waals surface area contributed by atoms with Crippen molar-refractivity contribution in [3.63, 3.8) is 0 Å². The van der Waals surface area contributed by atoms with Gasteiger partial charge in [-0.2, -0.15) is 5.90 Å². The average Bonchev–Trinajstić information content (AvgIpc) is 2.17. The van der Waals surface area contributed by atoms with Gasteiger partial charge in [-0.25, -0.2) is 4.79 Å². The van der Waals surface area contributed by atoms with E-state index in [-0.39, 0.29) is 6.61 Å². The molecule has 0 fully saturated rings. The molecule has 0 aliphatic rings. The number of carbonyl (C=O) groups excluding carboxylic acids is 2. The second-order valence-electron chi connectivity index (χ2n) is 2.99. The molecule has 16 heavy (non-hydrogen) atoms. The topological polar surface area (TPSA) is 136 Å². The lowest BCUT2D eigenvalue weighted by atomic mass is 9.96. The first-order valence-corrected chi connectivity index (χ1v) is 4.36. The van der Waals surface area contributed by atoms with Crippen molar-refractivity contribution in [2.24, 2.45) is 5.90 Å². The number of carbonyl (C=O) groups is 3. The van der Waals surface area contributed by atoms with Crippen LogP contribution in [0.2, 0.25) is 0 Å². The molecule has 8 nitrogen and oxygen atoms in total. The van der Waals surface area contributed by atoms with Crippen LogP contribution in [0, 0.1) is 0 Å². The number of esters is 1. The van der Waals surface area contributed by atoms with Crippen LogP contribution in [0.3, 0.4) is 0 Å². The molecule has 0 saturated heterocycles. The third-order valence-corrected chi connectivity index (χ3v) is 1.71. The van der Waals surface area contributed by atoms with Crippen LogP contribution in [-0.2, 0) is 24.0 Å². The van der Waals surface area contributed by atoms with Crippen LogP contribution in [0.1, 0.15) is 19.8 Å². The van der Waals surface area contributed by atoms with Gasteiger partial charge in [0.15, 0.2) is 5.60 Å². The van der Waals surface area contributed by atoms with E-state index >= 15 is 0 Å². The Balaban J connectivity index is 4.63. The van der Waals surface area contributed by atoms with Crippen LogP contribution in [0.25, 0.3) is 0 Å². The van der Waals surface area contributed by atoms with E-state index in [1.165, 1.54) is 6.92 Å². The second-order valence-corrected chi connectivity index (χ2v) is 2.99. The van der Waals surface area contributed by atoms with Crippen molar-refractivity contribution in [2.45, 2.75) is 25.4 Å². The highest BCUT2D eigenvalue weighted by Gasteiger charge is 2.41. The van der Waals surface area contributed by atoms with Crippen molar-refractivity contribution < 1.29 is 34.2 Å². The van der Waals surface area contributed by atoms with Crippen LogP contribution in [0.4, 0.5) is 0 Å². The molecule has 8 heteroatoms. The molecular formula is C8H13NO7. The number of hydrogen-bond donors (Lipinski definition) is 3. The summed E-state index contributed by atoms with van der Waals surface area (Å²) in [6.45, 7) is 1.56. The van der Waals surface area contributed by atoms with Crippen LogP contribution >= 0.6 is 0 Å². The number of carboxylic acids is 1. The number of carboxylic acid groups (broad SMARTS) is 1. The quantitative estimate of drug-likeness (QED) is 0.376. The SMILES string of the molecule is CCOC(=O)CC(O)(CC(=O)ON)C(=O)O. The van der Waals surface area contributed by atoms with Crippen molar-refractivity contribution >= 4 is 17.9 Å². The van der Waals surface area contributed by atoms with Gasteiger partial charge < -0.3 is 19.8 Å². The van der Waals surface area contributed by atoms with Gasteiger partial charge in [0.1, 0.15) is 0 Å². The first kappa shape index (κ1) is 14.3. The molecule has 0 rings (SSSR count). The second kappa shape index (κ2) is 6.03. The largest absolute Gasteiger partial charge is 0.479 e. The van der Waals surface area contributed by atoms with Gasteiger partial charge in [0, 0.05) is 0 Å². The third-order valence-electron chi connectivity index (χ3n) is 1.71. The number of rotatable bonds is 6. The summed E-state index contributed by atoms with van der Waals surface area (Å²) in [7, 11) is 0. The molecule has 1 atom stereocenters. The van der Waals surface area contributed by atoms with Crippen LogP contribution in [0.5, 0.6) is 0 Å². The molecule has 0 saturated carbocycles. The molecule has 1 unspecified atom stereocenters. The predicted octanol–water partition coefficient (Wildman–Crippen LogP) is -1.44. The summed E-state index contributed by atoms with van der Waals surface area (Å²) in [4.78, 5) is 36.2. The monoisotopic (exact) mass is 235 g/mol. The summed E-state index contributed by atoms with van der Waals surface area (Å²) in [6, 6.07) is 0. The highest BCUT2D eigenvalue weighted by Crippen LogP contribution is 2.17. The summed E-state index contributed by atoms with van der Waals surface area (Å²) < 4.78 is 4.46. The molecule has 0 aromatic heterocycles. The van der Waals surface area contributed by atoms with Crippen LogP contribution in [-0.4, -0.2) is 40.3 Å². The lowest BCUT2D eigenvalue weighted by Gasteiger charge is -2.20. The minimum atomic E-state index is -2.57. The fourth-order valence-electron chi connectivity index (χ4n) is 0.945. The zero-order valence-electron chi connectivity index (χ0n) is 8.63. The minimum absolute atomic E-state index is 0.0376. The van der Waals surface area contributed by atoms with E-state index in [2.05, 4.69) is 15.5 Å². The van der Waals surface area contributed by atoms with Crippen molar-refractivity contribution in [1.82, 2.24) is 0 Å². The van der Waals surface area contributed by atoms with Gasteiger partial charge in [-0.3, -0.25) is 9.59 Å². The van der Waals surface area contributed by atoms with Crippen molar-refractivity contribution in [1.29, 1.82) is 0 Å². The summed E-state index contributed by atoms with van der Waals surface area (Å²) in [5.41, 5.74) is -2.57. The smallest absolute Gasteiger partial charge is 0.336 e. The number of hydrogen-bond acceptors (Lipinski definition) is 7. The van der Waals surface area contributed by atoms with E-state index in [1.807, 2.05) is 0 Å². The van der Waals surface area contributed by atoms with E-state index in [9.17, 15) is 19.5 Å². The van der Waals surface area contributed by atoms with E-state index in [0.29, 0.717) is 0 Å². The maximum absolute atomic E-state index is 11.0. The van der Waals surface area contributed by atoms with Gasteiger partial charge in [0.25, 0.3) is 0 Å². The Hall–Kier alpha value is -1.67. The molecule has 0 bridgehead atoms. The molecule has 0 aliphatic heterocycles. The number of aliphatic carboxylic acids is 1. The Morgan fingerprint density at radius 3 is 2.12 bits per heavy atom. The van der Waals surface area contributed by atoms with Gasteiger partial charge in [0.05, 0.1) is 19.4 Å².